The van der Waals surface area contributed by atoms with Gasteiger partial charge in [0, 0.05) is 71.3 Å². The number of aryl methyl sites for hydroxylation is 6. The van der Waals surface area contributed by atoms with E-state index in [-0.39, 0.29) is 23.6 Å². The van der Waals surface area contributed by atoms with Gasteiger partial charge < -0.3 is 33.4 Å². The molecule has 56 heavy (non-hydrogen) atoms. The van der Waals surface area contributed by atoms with Gasteiger partial charge in [0.25, 0.3) is 5.91 Å². The maximum atomic E-state index is 15.3. The fraction of sp³-hybridized carbons (Fsp3) is 0.372. The van der Waals surface area contributed by atoms with Crippen molar-refractivity contribution in [2.45, 2.75) is 53.5 Å². The maximum Gasteiger partial charge on any atom is 0.352 e. The number of carboxylic acid groups (broad SMARTS) is 1. The Morgan fingerprint density at radius 2 is 1.68 bits per heavy atom. The SMILES string of the molecule is Cc1cc(OCCCc2c3n(c4c(-c5c(C)nn(C)c5C)c(Cl)ccc24)C(C)CN(c2cc(OCC4COC4)cc4cc(C(=O)O)n(C)c24)C3=O)cc(C)c1Cl. The van der Waals surface area contributed by atoms with Crippen molar-refractivity contribution in [1.82, 2.24) is 18.9 Å². The number of benzene rings is 3. The number of hydrogen-bond donors (Lipinski definition) is 1. The van der Waals surface area contributed by atoms with Crippen LogP contribution >= 0.6 is 23.2 Å². The highest BCUT2D eigenvalue weighted by atomic mass is 35.5. The quantitative estimate of drug-likeness (QED) is 0.130. The average molecular weight is 799 g/mol. The first kappa shape index (κ1) is 37.9. The van der Waals surface area contributed by atoms with Crippen LogP contribution in [-0.4, -0.2) is 68.9 Å². The Bertz CT molecular complexity index is 2560. The zero-order valence-electron chi connectivity index (χ0n) is 32.6. The summed E-state index contributed by atoms with van der Waals surface area (Å²) in [4.78, 5) is 29.5. The van der Waals surface area contributed by atoms with E-state index in [2.05, 4.69) is 11.5 Å². The Balaban J connectivity index is 1.27. The predicted octanol–water partition coefficient (Wildman–Crippen LogP) is 9.03. The number of anilines is 1. The largest absolute Gasteiger partial charge is 0.494 e. The van der Waals surface area contributed by atoms with Crippen molar-refractivity contribution >= 4 is 62.6 Å². The molecule has 8 rings (SSSR count). The number of amides is 1. The molecule has 5 heterocycles. The molecule has 0 saturated carbocycles. The number of carbonyl (C=O) groups excluding carboxylic acids is 1. The zero-order chi connectivity index (χ0) is 39.7. The van der Waals surface area contributed by atoms with Crippen LogP contribution in [-0.2, 0) is 25.3 Å². The number of ether oxygens (including phenoxy) is 3. The van der Waals surface area contributed by atoms with E-state index in [9.17, 15) is 9.90 Å². The molecule has 292 valence electrons. The molecule has 0 radical (unpaired) electrons. The summed E-state index contributed by atoms with van der Waals surface area (Å²) in [5.74, 6) is 0.347. The molecule has 2 aliphatic rings. The van der Waals surface area contributed by atoms with Gasteiger partial charge in [0.2, 0.25) is 0 Å². The van der Waals surface area contributed by atoms with E-state index in [0.717, 1.165) is 60.9 Å². The Hall–Kier alpha value is -4.97. The number of carboxylic acids is 1. The Kier molecular flexibility index (Phi) is 9.83. The minimum Gasteiger partial charge on any atom is -0.494 e. The standard InChI is InChI=1S/C43H45Cl2N5O6/c1-22-13-29(14-23(2)38(22)45)55-12-8-9-31-32-10-11-33(44)37(36-25(4)46-48(7)26(36)5)40(32)50-24(3)18-49(42(51)41(31)50)34-17-30(56-21-27-19-54-20-27)15-28-16-35(43(52)53)47(6)39(28)34/h10-11,13-17,24,27H,8-9,12,18-21H2,1-7H3,(H,52,53). The summed E-state index contributed by atoms with van der Waals surface area (Å²) in [5.41, 5.74) is 9.22. The molecule has 1 unspecified atom stereocenters. The van der Waals surface area contributed by atoms with Gasteiger partial charge in [0.15, 0.2) is 0 Å². The third kappa shape index (κ3) is 6.30. The Morgan fingerprint density at radius 1 is 0.964 bits per heavy atom. The molecule has 0 aliphatic carbocycles. The first-order chi connectivity index (χ1) is 26.7. The number of hydrogen-bond acceptors (Lipinski definition) is 6. The van der Waals surface area contributed by atoms with Gasteiger partial charge in [-0.15, -0.1) is 0 Å². The van der Waals surface area contributed by atoms with Crippen molar-refractivity contribution in [2.24, 2.45) is 20.0 Å². The van der Waals surface area contributed by atoms with Gasteiger partial charge in [-0.05, 0) is 94.5 Å². The van der Waals surface area contributed by atoms with Crippen molar-refractivity contribution in [3.05, 3.63) is 92.0 Å². The molecular formula is C43H45Cl2N5O6. The third-order valence-electron chi connectivity index (χ3n) is 11.3. The van der Waals surface area contributed by atoms with E-state index < -0.39 is 5.97 Å². The second kappa shape index (κ2) is 14.5. The van der Waals surface area contributed by atoms with Gasteiger partial charge in [-0.1, -0.05) is 29.3 Å². The summed E-state index contributed by atoms with van der Waals surface area (Å²) in [6.45, 7) is 12.5. The van der Waals surface area contributed by atoms with Crippen LogP contribution in [0, 0.1) is 33.6 Å². The lowest BCUT2D eigenvalue weighted by atomic mass is 9.98. The van der Waals surface area contributed by atoms with Crippen LogP contribution in [0.25, 0.3) is 32.9 Å². The smallest absolute Gasteiger partial charge is 0.352 e. The highest BCUT2D eigenvalue weighted by molar-refractivity contribution is 6.35. The molecule has 1 fully saturated rings. The van der Waals surface area contributed by atoms with Gasteiger partial charge in [-0.2, -0.15) is 5.10 Å². The molecular weight excluding hydrogens is 753 g/mol. The van der Waals surface area contributed by atoms with Crippen molar-refractivity contribution in [3.63, 3.8) is 0 Å². The van der Waals surface area contributed by atoms with Crippen LogP contribution in [0.5, 0.6) is 11.5 Å². The van der Waals surface area contributed by atoms with E-state index in [0.29, 0.717) is 78.9 Å². The highest BCUT2D eigenvalue weighted by Gasteiger charge is 2.38. The summed E-state index contributed by atoms with van der Waals surface area (Å²) in [6.07, 6.45) is 1.19. The monoisotopic (exact) mass is 797 g/mol. The molecule has 1 amide bonds. The molecule has 1 atom stereocenters. The first-order valence-electron chi connectivity index (χ1n) is 18.9. The molecule has 6 aromatic rings. The van der Waals surface area contributed by atoms with Crippen molar-refractivity contribution in [2.75, 3.05) is 37.9 Å². The zero-order valence-corrected chi connectivity index (χ0v) is 34.1. The van der Waals surface area contributed by atoms with E-state index in [4.69, 9.17) is 42.5 Å². The number of rotatable bonds is 11. The second-order valence-corrected chi connectivity index (χ2v) is 16.0. The topological polar surface area (TPSA) is 113 Å². The molecule has 3 aromatic carbocycles. The number of aromatic nitrogens is 4. The van der Waals surface area contributed by atoms with Crippen LogP contribution in [0.3, 0.4) is 0 Å². The van der Waals surface area contributed by atoms with Crippen molar-refractivity contribution in [1.29, 1.82) is 0 Å². The highest BCUT2D eigenvalue weighted by Crippen LogP contribution is 2.46. The van der Waals surface area contributed by atoms with Crippen LogP contribution in [0.2, 0.25) is 10.0 Å². The normalized spacial score (nSPS) is 15.8. The van der Waals surface area contributed by atoms with Gasteiger partial charge in [0.1, 0.15) is 22.9 Å². The molecule has 0 bridgehead atoms. The summed E-state index contributed by atoms with van der Waals surface area (Å²) in [5, 5.41) is 17.8. The van der Waals surface area contributed by atoms with Gasteiger partial charge in [-0.3, -0.25) is 9.48 Å². The van der Waals surface area contributed by atoms with Crippen LogP contribution in [0.1, 0.15) is 68.4 Å². The van der Waals surface area contributed by atoms with Gasteiger partial charge >= 0.3 is 5.97 Å². The Labute approximate surface area is 335 Å². The summed E-state index contributed by atoms with van der Waals surface area (Å²) >= 11 is 13.6. The lowest BCUT2D eigenvalue weighted by molar-refractivity contribution is -0.0508. The number of aromatic carboxylic acids is 1. The minimum atomic E-state index is -1.05. The fourth-order valence-electron chi connectivity index (χ4n) is 8.48. The van der Waals surface area contributed by atoms with E-state index in [1.165, 1.54) is 0 Å². The minimum absolute atomic E-state index is 0.116. The third-order valence-corrected chi connectivity index (χ3v) is 12.3. The van der Waals surface area contributed by atoms with Crippen LogP contribution < -0.4 is 14.4 Å². The van der Waals surface area contributed by atoms with Crippen LogP contribution in [0.4, 0.5) is 5.69 Å². The van der Waals surface area contributed by atoms with Gasteiger partial charge in [-0.25, -0.2) is 4.79 Å². The molecule has 1 N–H and O–H groups in total. The van der Waals surface area contributed by atoms with Crippen molar-refractivity contribution in [3.8, 4) is 22.6 Å². The maximum absolute atomic E-state index is 15.3. The lowest BCUT2D eigenvalue weighted by Gasteiger charge is -2.35. The van der Waals surface area contributed by atoms with E-state index in [1.807, 2.05) is 75.8 Å². The lowest BCUT2D eigenvalue weighted by Crippen LogP contribution is -2.43. The van der Waals surface area contributed by atoms with E-state index in [1.54, 1.807) is 22.6 Å². The second-order valence-electron chi connectivity index (χ2n) is 15.3. The van der Waals surface area contributed by atoms with Crippen molar-refractivity contribution < 1.29 is 28.9 Å². The summed E-state index contributed by atoms with van der Waals surface area (Å²) in [6, 6.07) is 13.0. The molecule has 1 saturated heterocycles. The summed E-state index contributed by atoms with van der Waals surface area (Å²) in [7, 11) is 3.64. The molecule has 0 spiro atoms. The summed E-state index contributed by atoms with van der Waals surface area (Å²) < 4.78 is 23.5. The van der Waals surface area contributed by atoms with Gasteiger partial charge in [0.05, 0.1) is 53.9 Å². The molecule has 3 aromatic heterocycles. The molecule has 2 aliphatic heterocycles. The molecule has 13 heteroatoms. The number of halogens is 2. The fourth-order valence-corrected chi connectivity index (χ4v) is 8.84. The van der Waals surface area contributed by atoms with Crippen LogP contribution in [0.15, 0.2) is 42.5 Å². The number of fused-ring (bicyclic) bond motifs is 4. The molecule has 11 nitrogen and oxygen atoms in total. The average Bonchev–Trinajstić information content (AvgIpc) is 3.74. The predicted molar refractivity (Wildman–Crippen MR) is 219 cm³/mol. The number of nitrogens with zero attached hydrogens (tertiary/aromatic N) is 5. The number of carbonyl (C=O) groups is 2. The Morgan fingerprint density at radius 3 is 2.32 bits per heavy atom. The first-order valence-corrected chi connectivity index (χ1v) is 19.6. The van der Waals surface area contributed by atoms with E-state index >= 15 is 4.79 Å².